The van der Waals surface area contributed by atoms with Gasteiger partial charge in [0.2, 0.25) is 0 Å². The summed E-state index contributed by atoms with van der Waals surface area (Å²) in [5, 5.41) is 20.6. The quantitative estimate of drug-likeness (QED) is 0.795. The van der Waals surface area contributed by atoms with Crippen LogP contribution in [-0.4, -0.2) is 16.2 Å². The Morgan fingerprint density at radius 3 is 2.79 bits per heavy atom. The Morgan fingerprint density at radius 1 is 1.43 bits per heavy atom. The summed E-state index contributed by atoms with van der Waals surface area (Å²) in [7, 11) is 0. The molecule has 1 heterocycles. The predicted molar refractivity (Wildman–Crippen MR) is 63.2 cm³/mol. The van der Waals surface area contributed by atoms with E-state index in [2.05, 4.69) is 22.6 Å². The van der Waals surface area contributed by atoms with Gasteiger partial charge in [-0.15, -0.1) is 11.3 Å². The van der Waals surface area contributed by atoms with Crippen LogP contribution in [0.1, 0.15) is 10.4 Å². The van der Waals surface area contributed by atoms with E-state index >= 15 is 0 Å². The number of carbonyl (C=O) groups is 1. The number of aromatic carboxylic acids is 1. The van der Waals surface area contributed by atoms with Crippen molar-refractivity contribution in [2.75, 3.05) is 0 Å². The molecule has 1 aromatic heterocycles. The molecule has 0 aliphatic carbocycles. The van der Waals surface area contributed by atoms with E-state index in [0.29, 0.717) is 10.1 Å². The lowest BCUT2D eigenvalue weighted by Crippen LogP contribution is -1.96. The van der Waals surface area contributed by atoms with Crippen molar-refractivity contribution in [2.24, 2.45) is 0 Å². The third-order valence-electron chi connectivity index (χ3n) is 1.88. The van der Waals surface area contributed by atoms with Crippen LogP contribution < -0.4 is 0 Å². The van der Waals surface area contributed by atoms with Crippen LogP contribution in [0.25, 0.3) is 10.1 Å². The van der Waals surface area contributed by atoms with E-state index < -0.39 is 5.97 Å². The van der Waals surface area contributed by atoms with Gasteiger partial charge in [-0.3, -0.25) is 0 Å². The molecule has 0 aliphatic heterocycles. The molecule has 3 nitrogen and oxygen atoms in total. The summed E-state index contributed by atoms with van der Waals surface area (Å²) >= 11 is 3.32. The zero-order valence-electron chi connectivity index (χ0n) is 6.82. The SMILES string of the molecule is O=C(O)c1ccc(I)c2c(O)csc12. The summed E-state index contributed by atoms with van der Waals surface area (Å²) in [6.07, 6.45) is 0. The molecule has 0 spiro atoms. The molecule has 0 bridgehead atoms. The van der Waals surface area contributed by atoms with Gasteiger partial charge in [-0.2, -0.15) is 0 Å². The summed E-state index contributed by atoms with van der Waals surface area (Å²) < 4.78 is 1.49. The predicted octanol–water partition coefficient (Wildman–Crippen LogP) is 2.91. The minimum Gasteiger partial charge on any atom is -0.506 e. The number of benzene rings is 1. The van der Waals surface area contributed by atoms with Crippen LogP contribution >= 0.6 is 33.9 Å². The Hall–Kier alpha value is -0.820. The Bertz CT molecular complexity index is 518. The fourth-order valence-corrected chi connectivity index (χ4v) is 3.13. The first-order valence-electron chi connectivity index (χ1n) is 3.73. The van der Waals surface area contributed by atoms with E-state index in [4.69, 9.17) is 5.11 Å². The monoisotopic (exact) mass is 320 g/mol. The van der Waals surface area contributed by atoms with Gasteiger partial charge in [-0.1, -0.05) is 0 Å². The molecule has 2 rings (SSSR count). The molecule has 0 aliphatic rings. The van der Waals surface area contributed by atoms with Crippen LogP contribution in [0.4, 0.5) is 0 Å². The number of carboxylic acid groups (broad SMARTS) is 1. The standard InChI is InChI=1S/C9H5IO3S/c10-5-2-1-4(9(12)13)8-7(5)6(11)3-14-8/h1-3,11H,(H,12,13). The van der Waals surface area contributed by atoms with Gasteiger partial charge in [-0.25, -0.2) is 4.79 Å². The van der Waals surface area contributed by atoms with Crippen LogP contribution in [0.5, 0.6) is 5.75 Å². The summed E-state index contributed by atoms with van der Waals surface area (Å²) in [6, 6.07) is 3.25. The van der Waals surface area contributed by atoms with Gasteiger partial charge in [-0.05, 0) is 34.7 Å². The first-order chi connectivity index (χ1) is 6.61. The number of thiophene rings is 1. The second-order valence-electron chi connectivity index (χ2n) is 2.73. The second-order valence-corrected chi connectivity index (χ2v) is 4.77. The van der Waals surface area contributed by atoms with Crippen LogP contribution in [-0.2, 0) is 0 Å². The van der Waals surface area contributed by atoms with Gasteiger partial charge >= 0.3 is 5.97 Å². The number of carboxylic acids is 1. The van der Waals surface area contributed by atoms with Crippen LogP contribution in [0.15, 0.2) is 17.5 Å². The van der Waals surface area contributed by atoms with Crippen molar-refractivity contribution in [2.45, 2.75) is 0 Å². The van der Waals surface area contributed by atoms with E-state index in [1.54, 1.807) is 17.5 Å². The van der Waals surface area contributed by atoms with Crippen LogP contribution in [0.3, 0.4) is 0 Å². The van der Waals surface area contributed by atoms with Gasteiger partial charge in [0, 0.05) is 14.3 Å². The van der Waals surface area contributed by atoms with E-state index in [-0.39, 0.29) is 11.3 Å². The minimum absolute atomic E-state index is 0.150. The molecule has 2 N–H and O–H groups in total. The molecule has 0 atom stereocenters. The molecule has 14 heavy (non-hydrogen) atoms. The fraction of sp³-hybridized carbons (Fsp3) is 0. The van der Waals surface area contributed by atoms with E-state index in [0.717, 1.165) is 3.57 Å². The minimum atomic E-state index is -0.965. The number of halogens is 1. The first-order valence-corrected chi connectivity index (χ1v) is 5.69. The third-order valence-corrected chi connectivity index (χ3v) is 3.78. The van der Waals surface area contributed by atoms with E-state index in [1.807, 2.05) is 0 Å². The van der Waals surface area contributed by atoms with Crippen LogP contribution in [0.2, 0.25) is 0 Å². The van der Waals surface area contributed by atoms with Gasteiger partial charge < -0.3 is 10.2 Å². The molecule has 0 saturated carbocycles. The summed E-state index contributed by atoms with van der Waals surface area (Å²) in [4.78, 5) is 10.9. The zero-order chi connectivity index (χ0) is 10.3. The molecule has 5 heteroatoms. The van der Waals surface area contributed by atoms with E-state index in [9.17, 15) is 9.90 Å². The first kappa shape index (κ1) is 9.72. The van der Waals surface area contributed by atoms with Gasteiger partial charge in [0.15, 0.2) is 0 Å². The molecule has 0 unspecified atom stereocenters. The molecule has 0 saturated heterocycles. The Balaban J connectivity index is 2.90. The lowest BCUT2D eigenvalue weighted by Gasteiger charge is -1.99. The van der Waals surface area contributed by atoms with E-state index in [1.165, 1.54) is 11.3 Å². The molecule has 0 fully saturated rings. The highest BCUT2D eigenvalue weighted by atomic mass is 127. The van der Waals surface area contributed by atoms with Crippen molar-refractivity contribution in [3.05, 3.63) is 26.6 Å². The lowest BCUT2D eigenvalue weighted by molar-refractivity contribution is 0.0699. The molecular weight excluding hydrogens is 315 g/mol. The van der Waals surface area contributed by atoms with Crippen molar-refractivity contribution < 1.29 is 15.0 Å². The summed E-state index contributed by atoms with van der Waals surface area (Å²) in [6.45, 7) is 0. The smallest absolute Gasteiger partial charge is 0.337 e. The van der Waals surface area contributed by atoms with Crippen molar-refractivity contribution in [1.29, 1.82) is 0 Å². The highest BCUT2D eigenvalue weighted by Gasteiger charge is 2.14. The highest BCUT2D eigenvalue weighted by molar-refractivity contribution is 14.1. The Kier molecular flexibility index (Phi) is 2.36. The third kappa shape index (κ3) is 1.36. The highest BCUT2D eigenvalue weighted by Crippen LogP contribution is 2.36. The fourth-order valence-electron chi connectivity index (χ4n) is 1.26. The second kappa shape index (κ2) is 3.39. The van der Waals surface area contributed by atoms with Gasteiger partial charge in [0.1, 0.15) is 5.75 Å². The lowest BCUT2D eigenvalue weighted by atomic mass is 10.1. The molecule has 72 valence electrons. The number of fused-ring (bicyclic) bond motifs is 1. The molecule has 1 aromatic carbocycles. The average molecular weight is 320 g/mol. The number of hydrogen-bond donors (Lipinski definition) is 2. The van der Waals surface area contributed by atoms with Crippen LogP contribution in [0, 0.1) is 3.57 Å². The number of aromatic hydroxyl groups is 1. The maximum absolute atomic E-state index is 10.9. The van der Waals surface area contributed by atoms with Crippen molar-refractivity contribution in [1.82, 2.24) is 0 Å². The average Bonchev–Trinajstić information content (AvgIpc) is 2.49. The van der Waals surface area contributed by atoms with Crippen molar-refractivity contribution >= 4 is 50.0 Å². The molecular formula is C9H5IO3S. The normalized spacial score (nSPS) is 10.6. The zero-order valence-corrected chi connectivity index (χ0v) is 9.79. The molecule has 0 radical (unpaired) electrons. The maximum Gasteiger partial charge on any atom is 0.337 e. The largest absolute Gasteiger partial charge is 0.506 e. The molecule has 2 aromatic rings. The molecule has 0 amide bonds. The van der Waals surface area contributed by atoms with Crippen molar-refractivity contribution in [3.63, 3.8) is 0 Å². The van der Waals surface area contributed by atoms with Gasteiger partial charge in [0.05, 0.1) is 10.3 Å². The van der Waals surface area contributed by atoms with Crippen molar-refractivity contribution in [3.8, 4) is 5.75 Å². The summed E-state index contributed by atoms with van der Waals surface area (Å²) in [5.74, 6) is -0.814. The Labute approximate surface area is 97.1 Å². The Morgan fingerprint density at radius 2 is 2.14 bits per heavy atom. The van der Waals surface area contributed by atoms with Gasteiger partial charge in [0.25, 0.3) is 0 Å². The number of rotatable bonds is 1. The topological polar surface area (TPSA) is 57.5 Å². The summed E-state index contributed by atoms with van der Waals surface area (Å²) in [5.41, 5.74) is 0.241. The number of hydrogen-bond acceptors (Lipinski definition) is 3. The maximum atomic E-state index is 10.9.